The normalized spacial score (nSPS) is 14.4. The summed E-state index contributed by atoms with van der Waals surface area (Å²) >= 11 is 1.23. The molecular formula is C28H40N4O5S. The van der Waals surface area contributed by atoms with Gasteiger partial charge in [0, 0.05) is 4.88 Å². The Kier molecular flexibility index (Phi) is 11.4. The molecule has 1 aliphatic carbocycles. The molecule has 2 aromatic rings. The molecule has 3 amide bonds. The maximum Gasteiger partial charge on any atom is 0.323 e. The summed E-state index contributed by atoms with van der Waals surface area (Å²) in [6.45, 7) is 5.61. The van der Waals surface area contributed by atoms with Crippen LogP contribution in [0.2, 0.25) is 0 Å². The van der Waals surface area contributed by atoms with Gasteiger partial charge in [0.1, 0.15) is 22.9 Å². The van der Waals surface area contributed by atoms with E-state index in [1.807, 2.05) is 24.3 Å². The molecule has 10 heteroatoms. The Labute approximate surface area is 228 Å². The van der Waals surface area contributed by atoms with E-state index in [2.05, 4.69) is 24.5 Å². The van der Waals surface area contributed by atoms with E-state index in [1.165, 1.54) is 11.3 Å². The monoisotopic (exact) mass is 544 g/mol. The average molecular weight is 545 g/mol. The molecule has 1 aromatic heterocycles. The van der Waals surface area contributed by atoms with Crippen LogP contribution in [0.4, 0.5) is 9.80 Å². The molecule has 0 spiro atoms. The molecule has 3 rings (SSSR count). The Morgan fingerprint density at radius 3 is 2.39 bits per heavy atom. The maximum absolute atomic E-state index is 12.6. The summed E-state index contributed by atoms with van der Waals surface area (Å²) in [4.78, 5) is 36.3. The minimum absolute atomic E-state index is 0.0967. The van der Waals surface area contributed by atoms with Gasteiger partial charge in [0.2, 0.25) is 0 Å². The predicted molar refractivity (Wildman–Crippen MR) is 150 cm³/mol. The van der Waals surface area contributed by atoms with Crippen molar-refractivity contribution in [1.82, 2.24) is 5.32 Å². The topological polar surface area (TPSA) is 146 Å². The third-order valence-corrected chi connectivity index (χ3v) is 7.53. The number of carbonyl (C=O) groups is 3. The van der Waals surface area contributed by atoms with Gasteiger partial charge in [-0.2, -0.15) is 0 Å². The number of esters is 1. The molecule has 1 aromatic carbocycles. The average Bonchev–Trinajstić information content (AvgIpc) is 3.52. The van der Waals surface area contributed by atoms with Gasteiger partial charge in [-0.25, -0.2) is 4.79 Å². The Bertz CT molecular complexity index is 1060. The highest BCUT2D eigenvalue weighted by atomic mass is 32.1. The lowest BCUT2D eigenvalue weighted by atomic mass is 10.0. The molecule has 1 atom stereocenters. The number of urea groups is 1. The number of primary amides is 2. The van der Waals surface area contributed by atoms with Gasteiger partial charge in [-0.3, -0.25) is 14.9 Å². The van der Waals surface area contributed by atoms with Crippen LogP contribution in [0.25, 0.3) is 10.4 Å². The molecule has 1 aliphatic rings. The van der Waals surface area contributed by atoms with E-state index in [0.29, 0.717) is 17.5 Å². The molecule has 6 N–H and O–H groups in total. The number of unbranched alkanes of at least 4 members (excludes halogenated alkanes) is 2. The van der Waals surface area contributed by atoms with Crippen molar-refractivity contribution in [2.75, 3.05) is 18.5 Å². The van der Waals surface area contributed by atoms with Gasteiger partial charge in [0.15, 0.2) is 0 Å². The van der Waals surface area contributed by atoms with Gasteiger partial charge < -0.3 is 26.3 Å². The fourth-order valence-corrected chi connectivity index (χ4v) is 5.57. The van der Waals surface area contributed by atoms with Gasteiger partial charge >= 0.3 is 12.0 Å². The third kappa shape index (κ3) is 9.33. The number of ether oxygens (including phenoxy) is 2. The second kappa shape index (κ2) is 14.7. The highest BCUT2D eigenvalue weighted by Gasteiger charge is 2.25. The van der Waals surface area contributed by atoms with Crippen molar-refractivity contribution in [1.29, 1.82) is 0 Å². The van der Waals surface area contributed by atoms with Crippen LogP contribution in [-0.4, -0.2) is 43.2 Å². The molecule has 0 unspecified atom stereocenters. The first kappa shape index (κ1) is 29.4. The van der Waals surface area contributed by atoms with Crippen LogP contribution in [0.15, 0.2) is 30.3 Å². The Morgan fingerprint density at radius 2 is 1.76 bits per heavy atom. The fraction of sp³-hybridized carbons (Fsp3) is 0.536. The summed E-state index contributed by atoms with van der Waals surface area (Å²) in [5.74, 6) is 0.431. The summed E-state index contributed by atoms with van der Waals surface area (Å²) in [6, 6.07) is 8.17. The smallest absolute Gasteiger partial charge is 0.323 e. The number of carbonyl (C=O) groups excluding carboxylic acids is 3. The van der Waals surface area contributed by atoms with Gasteiger partial charge in [0.05, 0.1) is 12.2 Å². The van der Waals surface area contributed by atoms with Crippen LogP contribution in [0.1, 0.15) is 75.6 Å². The summed E-state index contributed by atoms with van der Waals surface area (Å²) in [5, 5.41) is 6.18. The number of amides is 3. The molecule has 0 radical (unpaired) electrons. The van der Waals surface area contributed by atoms with Crippen LogP contribution in [0.3, 0.4) is 0 Å². The van der Waals surface area contributed by atoms with Crippen LogP contribution in [0, 0.1) is 5.92 Å². The zero-order valence-corrected chi connectivity index (χ0v) is 23.1. The molecule has 1 heterocycles. The van der Waals surface area contributed by atoms with Gasteiger partial charge in [0.25, 0.3) is 5.91 Å². The van der Waals surface area contributed by atoms with Crippen molar-refractivity contribution in [2.45, 2.75) is 77.4 Å². The second-order valence-electron chi connectivity index (χ2n) is 10.1. The third-order valence-electron chi connectivity index (χ3n) is 6.43. The van der Waals surface area contributed by atoms with E-state index in [0.717, 1.165) is 74.1 Å². The van der Waals surface area contributed by atoms with Crippen molar-refractivity contribution < 1.29 is 23.9 Å². The number of hydrogen-bond donors (Lipinski definition) is 4. The number of nitrogens with two attached hydrogens (primary N) is 2. The highest BCUT2D eigenvalue weighted by Crippen LogP contribution is 2.36. The number of thiophene rings is 1. The van der Waals surface area contributed by atoms with Crippen molar-refractivity contribution in [3.05, 3.63) is 35.9 Å². The minimum Gasteiger partial charge on any atom is -0.494 e. The maximum atomic E-state index is 12.6. The van der Waals surface area contributed by atoms with Crippen molar-refractivity contribution in [2.24, 2.45) is 17.4 Å². The summed E-state index contributed by atoms with van der Waals surface area (Å²) < 4.78 is 11.6. The lowest BCUT2D eigenvalue weighted by Crippen LogP contribution is -2.40. The van der Waals surface area contributed by atoms with E-state index in [-0.39, 0.29) is 23.7 Å². The van der Waals surface area contributed by atoms with E-state index < -0.39 is 11.9 Å². The lowest BCUT2D eigenvalue weighted by Gasteiger charge is -2.21. The Morgan fingerprint density at radius 1 is 1.05 bits per heavy atom. The van der Waals surface area contributed by atoms with Crippen LogP contribution >= 0.6 is 11.3 Å². The first-order chi connectivity index (χ1) is 18.2. The second-order valence-corrected chi connectivity index (χ2v) is 11.2. The summed E-state index contributed by atoms with van der Waals surface area (Å²) in [5.41, 5.74) is 11.7. The Hall–Kier alpha value is -3.11. The quantitative estimate of drug-likeness (QED) is 0.182. The lowest BCUT2D eigenvalue weighted by molar-refractivity contribution is -0.151. The van der Waals surface area contributed by atoms with Crippen LogP contribution < -0.4 is 26.8 Å². The molecule has 0 saturated heterocycles. The number of hydrogen-bond acceptors (Lipinski definition) is 7. The highest BCUT2D eigenvalue weighted by molar-refractivity contribution is 7.20. The van der Waals surface area contributed by atoms with E-state index in [4.69, 9.17) is 20.9 Å². The first-order valence-electron chi connectivity index (χ1n) is 13.4. The number of nitrogens with one attached hydrogen (secondary N) is 2. The van der Waals surface area contributed by atoms with Gasteiger partial charge in [-0.1, -0.05) is 13.8 Å². The molecular weight excluding hydrogens is 504 g/mol. The largest absolute Gasteiger partial charge is 0.494 e. The summed E-state index contributed by atoms with van der Waals surface area (Å²) in [6.07, 6.45) is 7.99. The number of benzene rings is 1. The SMILES string of the molecule is CC(C)C[C@H](NCCCCCOc1ccc(-c2cc(C(N)=O)c(NC(N)=O)s2)cc1)C(=O)OC1CCCC1. The Balaban J connectivity index is 1.38. The molecule has 38 heavy (non-hydrogen) atoms. The standard InChI is InChI=1S/C28H40N4O5S/c1-18(2)16-23(27(34)37-21-8-4-5-9-21)31-14-6-3-7-15-36-20-12-10-19(11-13-20)24-17-22(25(29)33)26(38-24)32-28(30)35/h10-13,17-18,21,23,31H,3-9,14-16H2,1-2H3,(H2,29,33)(H3,30,32,35)/t23-/m0/s1. The molecule has 1 saturated carbocycles. The molecule has 9 nitrogen and oxygen atoms in total. The van der Waals surface area contributed by atoms with Gasteiger partial charge in [-0.15, -0.1) is 11.3 Å². The van der Waals surface area contributed by atoms with E-state index >= 15 is 0 Å². The van der Waals surface area contributed by atoms with Crippen LogP contribution in [0.5, 0.6) is 5.75 Å². The summed E-state index contributed by atoms with van der Waals surface area (Å²) in [7, 11) is 0. The van der Waals surface area contributed by atoms with E-state index in [1.54, 1.807) is 6.07 Å². The zero-order valence-electron chi connectivity index (χ0n) is 22.3. The van der Waals surface area contributed by atoms with Crippen molar-refractivity contribution in [3.8, 4) is 16.2 Å². The fourth-order valence-electron chi connectivity index (χ4n) is 4.49. The van der Waals surface area contributed by atoms with Crippen LogP contribution in [-0.2, 0) is 9.53 Å². The first-order valence-corrected chi connectivity index (χ1v) is 14.2. The number of anilines is 1. The minimum atomic E-state index is -0.752. The van der Waals surface area contributed by atoms with E-state index in [9.17, 15) is 14.4 Å². The zero-order chi connectivity index (χ0) is 27.5. The molecule has 1 fully saturated rings. The predicted octanol–water partition coefficient (Wildman–Crippen LogP) is 5.04. The molecule has 208 valence electrons. The van der Waals surface area contributed by atoms with Crippen molar-refractivity contribution in [3.63, 3.8) is 0 Å². The molecule has 0 aliphatic heterocycles. The molecule has 0 bridgehead atoms. The number of rotatable bonds is 15. The van der Waals surface area contributed by atoms with Crippen molar-refractivity contribution >= 4 is 34.2 Å². The van der Waals surface area contributed by atoms with Gasteiger partial charge in [-0.05, 0) is 99.7 Å².